The van der Waals surface area contributed by atoms with E-state index in [4.69, 9.17) is 4.74 Å². The molecular weight excluding hydrogens is 230 g/mol. The molecule has 0 saturated carbocycles. The van der Waals surface area contributed by atoms with Crippen LogP contribution in [0, 0.1) is 5.92 Å². The molecule has 0 spiro atoms. The number of nitrogens with one attached hydrogen (secondary N) is 1. The van der Waals surface area contributed by atoms with E-state index in [0.29, 0.717) is 12.5 Å². The summed E-state index contributed by atoms with van der Waals surface area (Å²) in [5, 5.41) is 22.0. The first-order valence-electron chi connectivity index (χ1n) is 7.32. The highest BCUT2D eigenvalue weighted by molar-refractivity contribution is 4.94. The number of aliphatic hydroxyl groups excluding tert-OH is 2. The summed E-state index contributed by atoms with van der Waals surface area (Å²) in [7, 11) is 0. The Hall–Kier alpha value is -0.160. The van der Waals surface area contributed by atoms with Crippen LogP contribution < -0.4 is 5.32 Å². The van der Waals surface area contributed by atoms with E-state index in [1.54, 1.807) is 0 Å². The smallest absolute Gasteiger partial charge is 0.111 e. The van der Waals surface area contributed by atoms with E-state index in [0.717, 1.165) is 19.3 Å². The molecule has 3 N–H and O–H groups in total. The maximum atomic E-state index is 9.36. The lowest BCUT2D eigenvalue weighted by atomic mass is 9.94. The van der Waals surface area contributed by atoms with Gasteiger partial charge in [0.2, 0.25) is 0 Å². The van der Waals surface area contributed by atoms with Gasteiger partial charge in [0.25, 0.3) is 0 Å². The fraction of sp³-hybridized carbons (Fsp3) is 1.00. The Morgan fingerprint density at radius 3 is 2.39 bits per heavy atom. The van der Waals surface area contributed by atoms with Gasteiger partial charge in [-0.25, -0.2) is 0 Å². The van der Waals surface area contributed by atoms with Crippen LogP contribution in [0.2, 0.25) is 0 Å². The largest absolute Gasteiger partial charge is 0.394 e. The SMILES string of the molecule is CCCCCC(CCC)C1NC(CO)(CO)CO1. The summed E-state index contributed by atoms with van der Waals surface area (Å²) in [6.45, 7) is 4.65. The lowest BCUT2D eigenvalue weighted by Crippen LogP contribution is -2.52. The molecule has 108 valence electrons. The molecule has 2 unspecified atom stereocenters. The molecule has 0 aliphatic carbocycles. The topological polar surface area (TPSA) is 61.7 Å². The predicted octanol–water partition coefficient (Wildman–Crippen LogP) is 1.65. The van der Waals surface area contributed by atoms with E-state index in [9.17, 15) is 10.2 Å². The second kappa shape index (κ2) is 8.10. The fourth-order valence-corrected chi connectivity index (χ4v) is 2.60. The van der Waals surface area contributed by atoms with Gasteiger partial charge in [0.05, 0.1) is 25.4 Å². The van der Waals surface area contributed by atoms with E-state index in [-0.39, 0.29) is 19.4 Å². The van der Waals surface area contributed by atoms with Crippen molar-refractivity contribution in [1.82, 2.24) is 5.32 Å². The van der Waals surface area contributed by atoms with Gasteiger partial charge in [-0.15, -0.1) is 0 Å². The first kappa shape index (κ1) is 15.9. The third-order valence-corrected chi connectivity index (χ3v) is 3.86. The van der Waals surface area contributed by atoms with Crippen LogP contribution in [0.1, 0.15) is 52.4 Å². The minimum atomic E-state index is -0.637. The van der Waals surface area contributed by atoms with Gasteiger partial charge in [-0.05, 0) is 18.8 Å². The Balaban J connectivity index is 2.48. The highest BCUT2D eigenvalue weighted by Crippen LogP contribution is 2.26. The van der Waals surface area contributed by atoms with Crippen molar-refractivity contribution in [1.29, 1.82) is 0 Å². The molecule has 1 rings (SSSR count). The molecule has 2 atom stereocenters. The van der Waals surface area contributed by atoms with Crippen molar-refractivity contribution in [3.05, 3.63) is 0 Å². The first-order valence-corrected chi connectivity index (χ1v) is 7.32. The maximum Gasteiger partial charge on any atom is 0.111 e. The Morgan fingerprint density at radius 1 is 1.17 bits per heavy atom. The monoisotopic (exact) mass is 259 g/mol. The van der Waals surface area contributed by atoms with E-state index in [2.05, 4.69) is 19.2 Å². The summed E-state index contributed by atoms with van der Waals surface area (Å²) in [5.74, 6) is 0.488. The molecule has 18 heavy (non-hydrogen) atoms. The third kappa shape index (κ3) is 4.19. The molecule has 0 radical (unpaired) electrons. The van der Waals surface area contributed by atoms with Gasteiger partial charge >= 0.3 is 0 Å². The molecule has 1 aliphatic rings. The number of unbranched alkanes of at least 4 members (excludes halogenated alkanes) is 2. The molecule has 1 fully saturated rings. The van der Waals surface area contributed by atoms with E-state index in [1.807, 2.05) is 0 Å². The number of hydrogen-bond donors (Lipinski definition) is 3. The van der Waals surface area contributed by atoms with E-state index < -0.39 is 5.54 Å². The van der Waals surface area contributed by atoms with Gasteiger partial charge in [-0.1, -0.05) is 39.5 Å². The zero-order valence-electron chi connectivity index (χ0n) is 11.8. The first-order chi connectivity index (χ1) is 8.71. The highest BCUT2D eigenvalue weighted by Gasteiger charge is 2.41. The third-order valence-electron chi connectivity index (χ3n) is 3.86. The van der Waals surface area contributed by atoms with Crippen LogP contribution >= 0.6 is 0 Å². The molecular formula is C14H29NO3. The van der Waals surface area contributed by atoms with Crippen LogP contribution in [0.25, 0.3) is 0 Å². The van der Waals surface area contributed by atoms with Gasteiger partial charge < -0.3 is 14.9 Å². The summed E-state index contributed by atoms with van der Waals surface area (Å²) in [5.41, 5.74) is -0.637. The van der Waals surface area contributed by atoms with Gasteiger partial charge in [0.1, 0.15) is 6.23 Å². The van der Waals surface area contributed by atoms with Crippen molar-refractivity contribution in [2.75, 3.05) is 19.8 Å². The van der Waals surface area contributed by atoms with Crippen molar-refractivity contribution in [3.63, 3.8) is 0 Å². The number of ether oxygens (including phenoxy) is 1. The molecule has 0 bridgehead atoms. The van der Waals surface area contributed by atoms with Crippen molar-refractivity contribution in [2.45, 2.75) is 64.1 Å². The Bertz CT molecular complexity index is 219. The van der Waals surface area contributed by atoms with Crippen molar-refractivity contribution >= 4 is 0 Å². The minimum absolute atomic E-state index is 0.0129. The number of hydrogen-bond acceptors (Lipinski definition) is 4. The average molecular weight is 259 g/mol. The van der Waals surface area contributed by atoms with E-state index >= 15 is 0 Å². The van der Waals surface area contributed by atoms with Crippen LogP contribution in [0.15, 0.2) is 0 Å². The minimum Gasteiger partial charge on any atom is -0.394 e. The standard InChI is InChI=1S/C14H29NO3/c1-3-5-6-8-12(7-4-2)13-15-14(9-16,10-17)11-18-13/h12-13,15-17H,3-11H2,1-2H3. The quantitative estimate of drug-likeness (QED) is 0.551. The van der Waals surface area contributed by atoms with Crippen molar-refractivity contribution in [2.24, 2.45) is 5.92 Å². The number of aliphatic hydroxyl groups is 2. The number of rotatable bonds is 9. The Labute approximate surface area is 111 Å². The second-order valence-corrected chi connectivity index (χ2v) is 5.52. The Kier molecular flexibility index (Phi) is 7.15. The van der Waals surface area contributed by atoms with Gasteiger partial charge in [0.15, 0.2) is 0 Å². The summed E-state index contributed by atoms with van der Waals surface area (Å²) in [6, 6.07) is 0. The van der Waals surface area contributed by atoms with Gasteiger partial charge in [-0.2, -0.15) is 0 Å². The fourth-order valence-electron chi connectivity index (χ4n) is 2.60. The molecule has 0 amide bonds. The van der Waals surface area contributed by atoms with Gasteiger partial charge in [-0.3, -0.25) is 5.32 Å². The van der Waals surface area contributed by atoms with Crippen LogP contribution in [-0.2, 0) is 4.74 Å². The second-order valence-electron chi connectivity index (χ2n) is 5.52. The van der Waals surface area contributed by atoms with Crippen molar-refractivity contribution in [3.8, 4) is 0 Å². The maximum absolute atomic E-state index is 9.36. The average Bonchev–Trinajstić information content (AvgIpc) is 2.83. The van der Waals surface area contributed by atoms with Crippen LogP contribution in [0.5, 0.6) is 0 Å². The summed E-state index contributed by atoms with van der Waals surface area (Å²) >= 11 is 0. The molecule has 0 aromatic heterocycles. The van der Waals surface area contributed by atoms with Gasteiger partial charge in [0, 0.05) is 0 Å². The Morgan fingerprint density at radius 2 is 1.89 bits per heavy atom. The molecule has 1 aliphatic heterocycles. The lowest BCUT2D eigenvalue weighted by Gasteiger charge is -2.27. The zero-order valence-corrected chi connectivity index (χ0v) is 11.8. The molecule has 4 nitrogen and oxygen atoms in total. The van der Waals surface area contributed by atoms with Crippen LogP contribution in [-0.4, -0.2) is 41.8 Å². The highest BCUT2D eigenvalue weighted by atomic mass is 16.5. The predicted molar refractivity (Wildman–Crippen MR) is 72.3 cm³/mol. The summed E-state index contributed by atoms with van der Waals surface area (Å²) < 4.78 is 5.76. The molecule has 0 aromatic carbocycles. The summed E-state index contributed by atoms with van der Waals surface area (Å²) in [4.78, 5) is 0. The van der Waals surface area contributed by atoms with Crippen LogP contribution in [0.4, 0.5) is 0 Å². The summed E-state index contributed by atoms with van der Waals surface area (Å²) in [6.07, 6.45) is 7.15. The zero-order chi connectivity index (χ0) is 13.4. The molecule has 0 aromatic rings. The molecule has 1 saturated heterocycles. The van der Waals surface area contributed by atoms with E-state index in [1.165, 1.54) is 19.3 Å². The normalized spacial score (nSPS) is 24.3. The van der Waals surface area contributed by atoms with Crippen LogP contribution in [0.3, 0.4) is 0 Å². The van der Waals surface area contributed by atoms with Crippen molar-refractivity contribution < 1.29 is 14.9 Å². The lowest BCUT2D eigenvalue weighted by molar-refractivity contribution is 0.0399. The molecule has 1 heterocycles. The molecule has 4 heteroatoms.